The highest BCUT2D eigenvalue weighted by Gasteiger charge is 2.30. The fourth-order valence-electron chi connectivity index (χ4n) is 1.23. The monoisotopic (exact) mass is 221 g/mol. The lowest BCUT2D eigenvalue weighted by Crippen LogP contribution is -2.45. The van der Waals surface area contributed by atoms with Crippen molar-refractivity contribution in [3.8, 4) is 0 Å². The summed E-state index contributed by atoms with van der Waals surface area (Å²) in [6, 6.07) is 2.67. The maximum Gasteiger partial charge on any atom is 0.256 e. The van der Waals surface area contributed by atoms with E-state index in [1.165, 1.54) is 0 Å². The molecule has 84 valence electrons. The SMILES string of the molecule is CC(N)(Cc1cc(F)cc(F)c1)C(F)F. The van der Waals surface area contributed by atoms with Gasteiger partial charge in [-0.1, -0.05) is 0 Å². The third-order valence-corrected chi connectivity index (χ3v) is 2.01. The standard InChI is InChI=1S/C10H11F4N/c1-10(15,9(13)14)5-6-2-7(11)4-8(12)3-6/h2-4,9H,5,15H2,1H3. The van der Waals surface area contributed by atoms with Crippen molar-refractivity contribution in [1.29, 1.82) is 0 Å². The zero-order valence-corrected chi connectivity index (χ0v) is 8.11. The van der Waals surface area contributed by atoms with Gasteiger partial charge in [0.15, 0.2) is 0 Å². The molecule has 0 bridgehead atoms. The second kappa shape index (κ2) is 4.18. The van der Waals surface area contributed by atoms with Gasteiger partial charge < -0.3 is 5.73 Å². The van der Waals surface area contributed by atoms with Crippen molar-refractivity contribution >= 4 is 0 Å². The van der Waals surface area contributed by atoms with Crippen molar-refractivity contribution in [2.45, 2.75) is 25.3 Å². The van der Waals surface area contributed by atoms with Crippen LogP contribution in [0.25, 0.3) is 0 Å². The highest BCUT2D eigenvalue weighted by molar-refractivity contribution is 5.20. The van der Waals surface area contributed by atoms with Gasteiger partial charge in [0.2, 0.25) is 0 Å². The molecule has 1 nitrogen and oxygen atoms in total. The van der Waals surface area contributed by atoms with Crippen LogP contribution >= 0.6 is 0 Å². The van der Waals surface area contributed by atoms with Crippen molar-refractivity contribution < 1.29 is 17.6 Å². The Balaban J connectivity index is 2.89. The zero-order chi connectivity index (χ0) is 11.6. The van der Waals surface area contributed by atoms with Gasteiger partial charge in [-0.05, 0) is 31.0 Å². The zero-order valence-electron chi connectivity index (χ0n) is 8.11. The molecule has 1 aromatic rings. The van der Waals surface area contributed by atoms with E-state index in [9.17, 15) is 17.6 Å². The molecule has 2 N–H and O–H groups in total. The van der Waals surface area contributed by atoms with Crippen LogP contribution in [0.1, 0.15) is 12.5 Å². The first-order valence-electron chi connectivity index (χ1n) is 4.33. The predicted octanol–water partition coefficient (Wildman–Crippen LogP) is 2.49. The Morgan fingerprint density at radius 2 is 1.67 bits per heavy atom. The Morgan fingerprint density at radius 3 is 2.07 bits per heavy atom. The number of hydrogen-bond acceptors (Lipinski definition) is 1. The summed E-state index contributed by atoms with van der Waals surface area (Å²) in [5.74, 6) is -1.59. The molecule has 0 aliphatic heterocycles. The van der Waals surface area contributed by atoms with Crippen molar-refractivity contribution in [1.82, 2.24) is 0 Å². The highest BCUT2D eigenvalue weighted by atomic mass is 19.3. The van der Waals surface area contributed by atoms with Gasteiger partial charge in [-0.3, -0.25) is 0 Å². The number of alkyl halides is 2. The molecule has 0 radical (unpaired) electrons. The topological polar surface area (TPSA) is 26.0 Å². The second-order valence-corrected chi connectivity index (χ2v) is 3.76. The first-order valence-corrected chi connectivity index (χ1v) is 4.33. The van der Waals surface area contributed by atoms with Gasteiger partial charge >= 0.3 is 0 Å². The summed E-state index contributed by atoms with van der Waals surface area (Å²) in [4.78, 5) is 0. The Morgan fingerprint density at radius 1 is 1.20 bits per heavy atom. The average molecular weight is 221 g/mol. The van der Waals surface area contributed by atoms with Crippen LogP contribution in [0.15, 0.2) is 18.2 Å². The molecular weight excluding hydrogens is 210 g/mol. The normalized spacial score (nSPS) is 15.4. The minimum absolute atomic E-state index is 0.123. The van der Waals surface area contributed by atoms with Gasteiger partial charge in [0.1, 0.15) is 11.6 Å². The molecule has 0 fully saturated rings. The largest absolute Gasteiger partial charge is 0.320 e. The van der Waals surface area contributed by atoms with Gasteiger partial charge in [-0.2, -0.15) is 0 Å². The summed E-state index contributed by atoms with van der Waals surface area (Å²) in [7, 11) is 0. The van der Waals surface area contributed by atoms with Gasteiger partial charge in [-0.15, -0.1) is 0 Å². The van der Waals surface area contributed by atoms with Crippen LogP contribution in [-0.4, -0.2) is 12.0 Å². The summed E-state index contributed by atoms with van der Waals surface area (Å²) in [5, 5.41) is 0. The third kappa shape index (κ3) is 3.20. The first kappa shape index (κ1) is 12.0. The summed E-state index contributed by atoms with van der Waals surface area (Å²) >= 11 is 0. The Kier molecular flexibility index (Phi) is 3.34. The molecule has 0 aromatic heterocycles. The van der Waals surface area contributed by atoms with Crippen LogP contribution in [0.3, 0.4) is 0 Å². The number of rotatable bonds is 3. The van der Waals surface area contributed by atoms with E-state index in [0.29, 0.717) is 6.07 Å². The van der Waals surface area contributed by atoms with Gasteiger partial charge in [-0.25, -0.2) is 17.6 Å². The minimum Gasteiger partial charge on any atom is -0.320 e. The van der Waals surface area contributed by atoms with Crippen molar-refractivity contribution in [3.63, 3.8) is 0 Å². The molecule has 1 atom stereocenters. The Labute approximate surface area is 84.9 Å². The fourth-order valence-corrected chi connectivity index (χ4v) is 1.23. The molecule has 1 rings (SSSR count). The van der Waals surface area contributed by atoms with E-state index in [4.69, 9.17) is 5.73 Å². The van der Waals surface area contributed by atoms with Gasteiger partial charge in [0.05, 0.1) is 5.54 Å². The van der Waals surface area contributed by atoms with Gasteiger partial charge in [0.25, 0.3) is 6.43 Å². The number of halogens is 4. The van der Waals surface area contributed by atoms with Crippen LogP contribution in [0.2, 0.25) is 0 Å². The molecule has 0 spiro atoms. The van der Waals surface area contributed by atoms with Crippen LogP contribution in [0.5, 0.6) is 0 Å². The van der Waals surface area contributed by atoms with E-state index in [0.717, 1.165) is 19.1 Å². The molecule has 5 heteroatoms. The molecule has 0 aliphatic carbocycles. The maximum absolute atomic E-state index is 12.7. The maximum atomic E-state index is 12.7. The Hall–Kier alpha value is -1.10. The number of benzene rings is 1. The first-order chi connectivity index (χ1) is 6.81. The van der Waals surface area contributed by atoms with E-state index in [-0.39, 0.29) is 12.0 Å². The lowest BCUT2D eigenvalue weighted by atomic mass is 9.94. The molecule has 0 amide bonds. The fraction of sp³-hybridized carbons (Fsp3) is 0.400. The molecule has 0 saturated heterocycles. The molecule has 0 saturated carbocycles. The summed E-state index contributed by atoms with van der Waals surface area (Å²) in [6.07, 6.45) is -3.02. The molecule has 0 aliphatic rings. The summed E-state index contributed by atoms with van der Waals surface area (Å²) in [6.45, 7) is 1.14. The predicted molar refractivity (Wildman–Crippen MR) is 48.7 cm³/mol. The summed E-state index contributed by atoms with van der Waals surface area (Å²) < 4.78 is 50.2. The number of nitrogens with two attached hydrogens (primary N) is 1. The molecule has 15 heavy (non-hydrogen) atoms. The average Bonchev–Trinajstić information content (AvgIpc) is 1.99. The van der Waals surface area contributed by atoms with Crippen molar-refractivity contribution in [3.05, 3.63) is 35.4 Å². The second-order valence-electron chi connectivity index (χ2n) is 3.76. The van der Waals surface area contributed by atoms with E-state index in [1.54, 1.807) is 0 Å². The Bertz CT molecular complexity index is 329. The quantitative estimate of drug-likeness (QED) is 0.779. The molecule has 1 aromatic carbocycles. The van der Waals surface area contributed by atoms with Gasteiger partial charge in [0, 0.05) is 6.07 Å². The lowest BCUT2D eigenvalue weighted by Gasteiger charge is -2.23. The third-order valence-electron chi connectivity index (χ3n) is 2.01. The van der Waals surface area contributed by atoms with E-state index < -0.39 is 23.6 Å². The van der Waals surface area contributed by atoms with Crippen LogP contribution in [0.4, 0.5) is 17.6 Å². The highest BCUT2D eigenvalue weighted by Crippen LogP contribution is 2.19. The van der Waals surface area contributed by atoms with Crippen LogP contribution < -0.4 is 5.73 Å². The molecular formula is C10H11F4N. The number of hydrogen-bond donors (Lipinski definition) is 1. The van der Waals surface area contributed by atoms with Crippen molar-refractivity contribution in [2.75, 3.05) is 0 Å². The molecule has 1 unspecified atom stereocenters. The van der Waals surface area contributed by atoms with Crippen LogP contribution in [0, 0.1) is 11.6 Å². The lowest BCUT2D eigenvalue weighted by molar-refractivity contribution is 0.0638. The minimum atomic E-state index is -2.75. The van der Waals surface area contributed by atoms with E-state index in [1.807, 2.05) is 0 Å². The van der Waals surface area contributed by atoms with E-state index in [2.05, 4.69) is 0 Å². The van der Waals surface area contributed by atoms with Crippen LogP contribution in [-0.2, 0) is 6.42 Å². The van der Waals surface area contributed by atoms with E-state index >= 15 is 0 Å². The molecule has 0 heterocycles. The smallest absolute Gasteiger partial charge is 0.256 e. The summed E-state index contributed by atoms with van der Waals surface area (Å²) in [5.41, 5.74) is 3.64. The van der Waals surface area contributed by atoms with Crippen molar-refractivity contribution in [2.24, 2.45) is 5.73 Å².